The maximum atomic E-state index is 11.8. The molecular weight excluding hydrogens is 322 g/mol. The van der Waals surface area contributed by atoms with Crippen LogP contribution in [0.5, 0.6) is 0 Å². The van der Waals surface area contributed by atoms with Crippen LogP contribution < -0.4 is 10.6 Å². The summed E-state index contributed by atoms with van der Waals surface area (Å²) in [5, 5.41) is 4.98. The van der Waals surface area contributed by atoms with E-state index in [9.17, 15) is 9.59 Å². The molecular formula is C14H12BrN3O2. The largest absolute Gasteiger partial charge is 0.318 e. The molecule has 0 aliphatic rings. The van der Waals surface area contributed by atoms with Crippen LogP contribution in [0.25, 0.3) is 0 Å². The van der Waals surface area contributed by atoms with Crippen LogP contribution in [0.2, 0.25) is 0 Å². The number of hydrogen-bond donors (Lipinski definition) is 2. The van der Waals surface area contributed by atoms with Crippen molar-refractivity contribution in [2.75, 3.05) is 10.6 Å². The molecule has 0 radical (unpaired) electrons. The van der Waals surface area contributed by atoms with Gasteiger partial charge in [0, 0.05) is 16.4 Å². The van der Waals surface area contributed by atoms with Gasteiger partial charge in [-0.05, 0) is 36.8 Å². The maximum absolute atomic E-state index is 11.8. The standard InChI is InChI=1S/C14H12BrN3O2/c1-9-4-3-7-16-12(9)18-14(20)13(19)17-11-6-2-5-10(15)8-11/h2-8H,1H3,(H,17,19)(H,16,18,20). The number of nitrogens with one attached hydrogen (secondary N) is 2. The molecule has 102 valence electrons. The molecule has 0 spiro atoms. The number of anilines is 2. The van der Waals surface area contributed by atoms with Crippen LogP contribution in [0.1, 0.15) is 5.56 Å². The molecule has 0 saturated carbocycles. The molecule has 0 unspecified atom stereocenters. The van der Waals surface area contributed by atoms with E-state index in [1.807, 2.05) is 6.07 Å². The SMILES string of the molecule is Cc1cccnc1NC(=O)C(=O)Nc1cccc(Br)c1. The first kappa shape index (κ1) is 14.2. The quantitative estimate of drug-likeness (QED) is 0.830. The molecule has 0 atom stereocenters. The van der Waals surface area contributed by atoms with Crippen molar-refractivity contribution in [3.05, 3.63) is 52.6 Å². The van der Waals surface area contributed by atoms with E-state index in [-0.39, 0.29) is 0 Å². The molecule has 2 aromatic rings. The molecule has 2 amide bonds. The molecule has 1 aromatic carbocycles. The van der Waals surface area contributed by atoms with Crippen molar-refractivity contribution in [1.29, 1.82) is 0 Å². The van der Waals surface area contributed by atoms with E-state index in [0.29, 0.717) is 11.5 Å². The van der Waals surface area contributed by atoms with E-state index in [1.165, 1.54) is 0 Å². The lowest BCUT2D eigenvalue weighted by Crippen LogP contribution is -2.29. The van der Waals surface area contributed by atoms with E-state index in [1.54, 1.807) is 43.5 Å². The summed E-state index contributed by atoms with van der Waals surface area (Å²) in [5.41, 5.74) is 1.33. The van der Waals surface area contributed by atoms with E-state index < -0.39 is 11.8 Å². The molecule has 0 aliphatic heterocycles. The number of pyridine rings is 1. The second-order valence-electron chi connectivity index (χ2n) is 4.09. The number of carbonyl (C=O) groups excluding carboxylic acids is 2. The van der Waals surface area contributed by atoms with Crippen molar-refractivity contribution >= 4 is 39.2 Å². The average Bonchev–Trinajstić information content (AvgIpc) is 2.41. The zero-order valence-corrected chi connectivity index (χ0v) is 12.3. The van der Waals surface area contributed by atoms with Gasteiger partial charge < -0.3 is 10.6 Å². The molecule has 0 fully saturated rings. The number of aryl methyl sites for hydroxylation is 1. The van der Waals surface area contributed by atoms with Gasteiger partial charge in [-0.2, -0.15) is 0 Å². The van der Waals surface area contributed by atoms with Crippen molar-refractivity contribution in [3.8, 4) is 0 Å². The first-order valence-electron chi connectivity index (χ1n) is 5.86. The maximum Gasteiger partial charge on any atom is 0.315 e. The molecule has 1 heterocycles. The monoisotopic (exact) mass is 333 g/mol. The minimum Gasteiger partial charge on any atom is -0.318 e. The summed E-state index contributed by atoms with van der Waals surface area (Å²) in [5.74, 6) is -1.12. The molecule has 0 bridgehead atoms. The third-order valence-electron chi connectivity index (χ3n) is 2.53. The van der Waals surface area contributed by atoms with E-state index in [4.69, 9.17) is 0 Å². The Labute approximate surface area is 124 Å². The Morgan fingerprint density at radius 3 is 2.55 bits per heavy atom. The third-order valence-corrected chi connectivity index (χ3v) is 3.02. The smallest absolute Gasteiger partial charge is 0.315 e. The van der Waals surface area contributed by atoms with Crippen molar-refractivity contribution in [2.24, 2.45) is 0 Å². The van der Waals surface area contributed by atoms with Crippen LogP contribution in [0.4, 0.5) is 11.5 Å². The summed E-state index contributed by atoms with van der Waals surface area (Å²) in [7, 11) is 0. The van der Waals surface area contributed by atoms with Gasteiger partial charge in [-0.15, -0.1) is 0 Å². The number of hydrogen-bond acceptors (Lipinski definition) is 3. The predicted octanol–water partition coefficient (Wildman–Crippen LogP) is 2.73. The van der Waals surface area contributed by atoms with Gasteiger partial charge in [0.2, 0.25) is 0 Å². The Balaban J connectivity index is 2.03. The summed E-state index contributed by atoms with van der Waals surface area (Å²) < 4.78 is 0.816. The zero-order valence-electron chi connectivity index (χ0n) is 10.7. The number of carbonyl (C=O) groups is 2. The van der Waals surface area contributed by atoms with Gasteiger partial charge in [-0.3, -0.25) is 9.59 Å². The summed E-state index contributed by atoms with van der Waals surface area (Å²) in [6, 6.07) is 10.5. The van der Waals surface area contributed by atoms with Crippen LogP contribution in [0.15, 0.2) is 47.1 Å². The van der Waals surface area contributed by atoms with Crippen LogP contribution in [-0.2, 0) is 9.59 Å². The van der Waals surface area contributed by atoms with E-state index in [2.05, 4.69) is 31.5 Å². The fourth-order valence-electron chi connectivity index (χ4n) is 1.53. The fraction of sp³-hybridized carbons (Fsp3) is 0.0714. The zero-order chi connectivity index (χ0) is 14.5. The van der Waals surface area contributed by atoms with Gasteiger partial charge in [0.05, 0.1) is 0 Å². The second-order valence-corrected chi connectivity index (χ2v) is 5.00. The first-order valence-corrected chi connectivity index (χ1v) is 6.65. The van der Waals surface area contributed by atoms with E-state index >= 15 is 0 Å². The van der Waals surface area contributed by atoms with Crippen molar-refractivity contribution in [3.63, 3.8) is 0 Å². The van der Waals surface area contributed by atoms with Crippen LogP contribution in [0.3, 0.4) is 0 Å². The molecule has 2 N–H and O–H groups in total. The van der Waals surface area contributed by atoms with Gasteiger partial charge in [0.15, 0.2) is 0 Å². The van der Waals surface area contributed by atoms with Gasteiger partial charge in [0.1, 0.15) is 5.82 Å². The molecule has 1 aromatic heterocycles. The van der Waals surface area contributed by atoms with Crippen LogP contribution >= 0.6 is 15.9 Å². The normalized spacial score (nSPS) is 9.90. The summed E-state index contributed by atoms with van der Waals surface area (Å²) in [6.45, 7) is 1.80. The average molecular weight is 334 g/mol. The Morgan fingerprint density at radius 2 is 1.85 bits per heavy atom. The molecule has 5 nitrogen and oxygen atoms in total. The van der Waals surface area contributed by atoms with Crippen molar-refractivity contribution < 1.29 is 9.59 Å². The number of nitrogens with zero attached hydrogens (tertiary/aromatic N) is 1. The topological polar surface area (TPSA) is 71.1 Å². The molecule has 6 heteroatoms. The van der Waals surface area contributed by atoms with Crippen LogP contribution in [0, 0.1) is 6.92 Å². The van der Waals surface area contributed by atoms with Gasteiger partial charge in [-0.25, -0.2) is 4.98 Å². The minimum atomic E-state index is -0.758. The van der Waals surface area contributed by atoms with Gasteiger partial charge in [-0.1, -0.05) is 28.1 Å². The Bertz CT molecular complexity index is 658. The van der Waals surface area contributed by atoms with E-state index in [0.717, 1.165) is 10.0 Å². The number of rotatable bonds is 2. The lowest BCUT2D eigenvalue weighted by molar-refractivity contribution is -0.133. The number of aromatic nitrogens is 1. The summed E-state index contributed by atoms with van der Waals surface area (Å²) in [6.07, 6.45) is 1.55. The van der Waals surface area contributed by atoms with Gasteiger partial charge in [0.25, 0.3) is 0 Å². The molecule has 0 aliphatic carbocycles. The molecule has 0 saturated heterocycles. The molecule has 20 heavy (non-hydrogen) atoms. The predicted molar refractivity (Wildman–Crippen MR) is 80.4 cm³/mol. The van der Waals surface area contributed by atoms with Crippen molar-refractivity contribution in [2.45, 2.75) is 6.92 Å². The second kappa shape index (κ2) is 6.29. The number of benzene rings is 1. The Morgan fingerprint density at radius 1 is 1.10 bits per heavy atom. The highest BCUT2D eigenvalue weighted by Crippen LogP contribution is 2.15. The Hall–Kier alpha value is -2.21. The molecule has 2 rings (SSSR count). The minimum absolute atomic E-state index is 0.377. The van der Waals surface area contributed by atoms with Crippen LogP contribution in [-0.4, -0.2) is 16.8 Å². The lowest BCUT2D eigenvalue weighted by atomic mass is 10.3. The highest BCUT2D eigenvalue weighted by atomic mass is 79.9. The summed E-state index contributed by atoms with van der Waals surface area (Å²) >= 11 is 3.29. The third kappa shape index (κ3) is 3.64. The first-order chi connectivity index (χ1) is 9.56. The highest BCUT2D eigenvalue weighted by Gasteiger charge is 2.15. The number of halogens is 1. The van der Waals surface area contributed by atoms with Gasteiger partial charge >= 0.3 is 11.8 Å². The summed E-state index contributed by atoms with van der Waals surface area (Å²) in [4.78, 5) is 27.6. The number of amides is 2. The van der Waals surface area contributed by atoms with Crippen molar-refractivity contribution in [1.82, 2.24) is 4.98 Å². The highest BCUT2D eigenvalue weighted by molar-refractivity contribution is 9.10. The fourth-order valence-corrected chi connectivity index (χ4v) is 1.93. The lowest BCUT2D eigenvalue weighted by Gasteiger charge is -2.07. The Kier molecular flexibility index (Phi) is 4.47.